The standard InChI is InChI=1S/C26H35N3O5S/c1-5-34-23-13-9-10-21(25(23)31)16-27-28-24(30)17-29(22-11-7-6-8-12-22)35(32,33)26-19(3)14-18(2)15-20(26)4/h9-10,13-16,22,31H,5-8,11-12,17H2,1-4H3,(H,28,30)/b27-16+. The molecule has 2 aromatic rings. The average Bonchev–Trinajstić information content (AvgIpc) is 2.79. The zero-order valence-corrected chi connectivity index (χ0v) is 21.7. The van der Waals surface area contributed by atoms with Crippen molar-refractivity contribution in [2.24, 2.45) is 5.10 Å². The summed E-state index contributed by atoms with van der Waals surface area (Å²) in [4.78, 5) is 13.1. The number of rotatable bonds is 9. The van der Waals surface area contributed by atoms with Crippen LogP contribution in [0.5, 0.6) is 11.5 Å². The Kier molecular flexibility index (Phi) is 8.91. The Morgan fingerprint density at radius 3 is 2.46 bits per heavy atom. The number of nitrogens with one attached hydrogen (secondary N) is 1. The largest absolute Gasteiger partial charge is 0.504 e. The zero-order chi connectivity index (χ0) is 25.6. The number of hydrogen-bond acceptors (Lipinski definition) is 6. The van der Waals surface area contributed by atoms with Gasteiger partial charge < -0.3 is 9.84 Å². The van der Waals surface area contributed by atoms with E-state index in [9.17, 15) is 18.3 Å². The highest BCUT2D eigenvalue weighted by Gasteiger charge is 2.35. The fraction of sp³-hybridized carbons (Fsp3) is 0.462. The highest BCUT2D eigenvalue weighted by atomic mass is 32.2. The number of phenols is 1. The lowest BCUT2D eigenvalue weighted by atomic mass is 9.95. The van der Waals surface area contributed by atoms with Crippen molar-refractivity contribution in [3.05, 3.63) is 52.6 Å². The van der Waals surface area contributed by atoms with Crippen LogP contribution < -0.4 is 10.2 Å². The van der Waals surface area contributed by atoms with E-state index in [-0.39, 0.29) is 23.2 Å². The van der Waals surface area contributed by atoms with Crippen molar-refractivity contribution in [2.45, 2.75) is 70.7 Å². The molecule has 0 spiro atoms. The summed E-state index contributed by atoms with van der Waals surface area (Å²) in [5.74, 6) is -0.302. The number of ether oxygens (including phenoxy) is 1. The molecular formula is C26H35N3O5S. The number of amides is 1. The van der Waals surface area contributed by atoms with Gasteiger partial charge >= 0.3 is 0 Å². The summed E-state index contributed by atoms with van der Waals surface area (Å²) >= 11 is 0. The van der Waals surface area contributed by atoms with Gasteiger partial charge in [0.15, 0.2) is 11.5 Å². The quantitative estimate of drug-likeness (QED) is 0.396. The van der Waals surface area contributed by atoms with Crippen LogP contribution in [-0.4, -0.2) is 49.1 Å². The molecule has 3 rings (SSSR count). The molecule has 35 heavy (non-hydrogen) atoms. The number of phenolic OH excluding ortho intramolecular Hbond substituents is 1. The topological polar surface area (TPSA) is 108 Å². The van der Waals surface area contributed by atoms with Gasteiger partial charge in [0.05, 0.1) is 24.3 Å². The van der Waals surface area contributed by atoms with Crippen molar-refractivity contribution in [1.82, 2.24) is 9.73 Å². The van der Waals surface area contributed by atoms with Gasteiger partial charge in [-0.05, 0) is 63.8 Å². The number of aromatic hydroxyl groups is 1. The third kappa shape index (κ3) is 6.41. The van der Waals surface area contributed by atoms with Gasteiger partial charge in [-0.25, -0.2) is 13.8 Å². The van der Waals surface area contributed by atoms with Gasteiger partial charge in [0.25, 0.3) is 5.91 Å². The summed E-state index contributed by atoms with van der Waals surface area (Å²) in [6, 6.07) is 8.44. The summed E-state index contributed by atoms with van der Waals surface area (Å²) in [6.45, 7) is 7.39. The normalized spacial score (nSPS) is 15.0. The molecule has 9 heteroatoms. The van der Waals surface area contributed by atoms with Crippen molar-refractivity contribution in [3.63, 3.8) is 0 Å². The predicted molar refractivity (Wildman–Crippen MR) is 136 cm³/mol. The van der Waals surface area contributed by atoms with Crippen LogP contribution in [0, 0.1) is 20.8 Å². The molecular weight excluding hydrogens is 466 g/mol. The molecule has 1 saturated carbocycles. The zero-order valence-electron chi connectivity index (χ0n) is 20.9. The first-order valence-electron chi connectivity index (χ1n) is 12.0. The molecule has 1 aliphatic rings. The second-order valence-corrected chi connectivity index (χ2v) is 10.8. The molecule has 1 fully saturated rings. The van der Waals surface area contributed by atoms with Crippen LogP contribution in [-0.2, 0) is 14.8 Å². The molecule has 0 heterocycles. The molecule has 0 aromatic heterocycles. The van der Waals surface area contributed by atoms with E-state index in [2.05, 4.69) is 10.5 Å². The smallest absolute Gasteiger partial charge is 0.255 e. The van der Waals surface area contributed by atoms with Gasteiger partial charge in [-0.1, -0.05) is 43.0 Å². The van der Waals surface area contributed by atoms with Gasteiger partial charge in [-0.3, -0.25) is 4.79 Å². The third-order valence-corrected chi connectivity index (χ3v) is 8.38. The Morgan fingerprint density at radius 1 is 1.17 bits per heavy atom. The number of benzene rings is 2. The van der Waals surface area contributed by atoms with Gasteiger partial charge in [0, 0.05) is 11.6 Å². The van der Waals surface area contributed by atoms with E-state index in [1.165, 1.54) is 10.5 Å². The number of sulfonamides is 1. The van der Waals surface area contributed by atoms with Crippen LogP contribution >= 0.6 is 0 Å². The van der Waals surface area contributed by atoms with Crippen molar-refractivity contribution in [3.8, 4) is 11.5 Å². The van der Waals surface area contributed by atoms with E-state index >= 15 is 0 Å². The van der Waals surface area contributed by atoms with Gasteiger partial charge in [0.1, 0.15) is 0 Å². The fourth-order valence-electron chi connectivity index (χ4n) is 4.74. The van der Waals surface area contributed by atoms with Gasteiger partial charge in [-0.2, -0.15) is 9.41 Å². The number of carbonyl (C=O) groups is 1. The van der Waals surface area contributed by atoms with Gasteiger partial charge in [-0.15, -0.1) is 0 Å². The van der Waals surface area contributed by atoms with Crippen LogP contribution in [0.3, 0.4) is 0 Å². The minimum atomic E-state index is -3.91. The van der Waals surface area contributed by atoms with E-state index < -0.39 is 15.9 Å². The minimum absolute atomic E-state index is 0.0796. The number of hydrazone groups is 1. The monoisotopic (exact) mass is 501 g/mol. The maximum absolute atomic E-state index is 13.8. The van der Waals surface area contributed by atoms with Crippen LogP contribution in [0.25, 0.3) is 0 Å². The molecule has 190 valence electrons. The summed E-state index contributed by atoms with van der Waals surface area (Å²) < 4.78 is 34.3. The molecule has 0 radical (unpaired) electrons. The lowest BCUT2D eigenvalue weighted by Gasteiger charge is -2.33. The van der Waals surface area contributed by atoms with Gasteiger partial charge in [0.2, 0.25) is 10.0 Å². The van der Waals surface area contributed by atoms with Crippen LogP contribution in [0.1, 0.15) is 61.3 Å². The summed E-state index contributed by atoms with van der Waals surface area (Å²) in [6.07, 6.45) is 5.67. The summed E-state index contributed by atoms with van der Waals surface area (Å²) in [5.41, 5.74) is 5.13. The molecule has 0 unspecified atom stereocenters. The molecule has 1 amide bonds. The van der Waals surface area contributed by atoms with Crippen LogP contribution in [0.15, 0.2) is 40.3 Å². The minimum Gasteiger partial charge on any atom is -0.504 e. The molecule has 2 N–H and O–H groups in total. The van der Waals surface area contributed by atoms with E-state index in [1.807, 2.05) is 26.0 Å². The number of hydrogen-bond donors (Lipinski definition) is 2. The Bertz CT molecular complexity index is 1160. The first-order chi connectivity index (χ1) is 16.6. The number of carbonyl (C=O) groups excluding carboxylic acids is 1. The molecule has 0 atom stereocenters. The molecule has 2 aromatic carbocycles. The second-order valence-electron chi connectivity index (χ2n) is 8.99. The molecule has 0 saturated heterocycles. The Balaban J connectivity index is 1.82. The summed E-state index contributed by atoms with van der Waals surface area (Å²) in [7, 11) is -3.91. The van der Waals surface area contributed by atoms with Crippen LogP contribution in [0.4, 0.5) is 0 Å². The SMILES string of the molecule is CCOc1cccc(/C=N/NC(=O)CN(C2CCCCC2)S(=O)(=O)c2c(C)cc(C)cc2C)c1O. The van der Waals surface area contributed by atoms with E-state index in [0.717, 1.165) is 37.7 Å². The maximum Gasteiger partial charge on any atom is 0.255 e. The van der Waals surface area contributed by atoms with Crippen molar-refractivity contribution < 1.29 is 23.1 Å². The number of nitrogens with zero attached hydrogens (tertiary/aromatic N) is 2. The highest BCUT2D eigenvalue weighted by Crippen LogP contribution is 2.31. The van der Waals surface area contributed by atoms with Crippen molar-refractivity contribution in [2.75, 3.05) is 13.2 Å². The maximum atomic E-state index is 13.8. The summed E-state index contributed by atoms with van der Waals surface area (Å²) in [5, 5.41) is 14.2. The average molecular weight is 502 g/mol. The lowest BCUT2D eigenvalue weighted by Crippen LogP contribution is -2.46. The lowest BCUT2D eigenvalue weighted by molar-refractivity contribution is -0.121. The van der Waals surface area contributed by atoms with E-state index in [4.69, 9.17) is 4.74 Å². The van der Waals surface area contributed by atoms with E-state index in [0.29, 0.717) is 29.0 Å². The number of aryl methyl sites for hydroxylation is 3. The molecule has 0 bridgehead atoms. The fourth-order valence-corrected chi connectivity index (χ4v) is 6.79. The third-order valence-electron chi connectivity index (χ3n) is 6.18. The Morgan fingerprint density at radius 2 is 1.83 bits per heavy atom. The van der Waals surface area contributed by atoms with E-state index in [1.54, 1.807) is 32.0 Å². The number of para-hydroxylation sites is 1. The molecule has 0 aliphatic heterocycles. The molecule has 8 nitrogen and oxygen atoms in total. The first-order valence-corrected chi connectivity index (χ1v) is 13.5. The van der Waals surface area contributed by atoms with Crippen LogP contribution in [0.2, 0.25) is 0 Å². The Hall–Kier alpha value is -2.91. The second kappa shape index (κ2) is 11.7. The first kappa shape index (κ1) is 26.7. The molecule has 1 aliphatic carbocycles. The van der Waals surface area contributed by atoms with Crippen molar-refractivity contribution in [1.29, 1.82) is 0 Å². The Labute approximate surface area is 208 Å². The predicted octanol–water partition coefficient (Wildman–Crippen LogP) is 4.19. The van der Waals surface area contributed by atoms with Crippen molar-refractivity contribution >= 4 is 22.1 Å². The highest BCUT2D eigenvalue weighted by molar-refractivity contribution is 7.89.